The van der Waals surface area contributed by atoms with Gasteiger partial charge in [-0.3, -0.25) is 4.79 Å². The zero-order valence-electron chi connectivity index (χ0n) is 12.2. The predicted octanol–water partition coefficient (Wildman–Crippen LogP) is 0.426. The van der Waals surface area contributed by atoms with Crippen molar-refractivity contribution in [1.82, 2.24) is 19.7 Å². The van der Waals surface area contributed by atoms with E-state index in [1.165, 1.54) is 11.8 Å². The largest absolute Gasteiger partial charge is 0.338 e. The van der Waals surface area contributed by atoms with Crippen LogP contribution in [0, 0.1) is 0 Å². The van der Waals surface area contributed by atoms with Crippen LogP contribution in [0.3, 0.4) is 0 Å². The minimum atomic E-state index is -2.98. The Balaban J connectivity index is 1.95. The molecule has 1 saturated heterocycles. The van der Waals surface area contributed by atoms with Gasteiger partial charge in [0.25, 0.3) is 0 Å². The van der Waals surface area contributed by atoms with Crippen LogP contribution < -0.4 is 0 Å². The van der Waals surface area contributed by atoms with E-state index in [9.17, 15) is 13.2 Å². The van der Waals surface area contributed by atoms with Gasteiger partial charge in [0, 0.05) is 19.1 Å². The molecule has 1 atom stereocenters. The van der Waals surface area contributed by atoms with Crippen molar-refractivity contribution in [2.24, 2.45) is 0 Å². The molecular formula is C12H20N4O3S2. The van der Waals surface area contributed by atoms with Crippen LogP contribution in [0.15, 0.2) is 11.5 Å². The Bertz CT molecular complexity index is 599. The molecule has 0 unspecified atom stereocenters. The highest BCUT2D eigenvalue weighted by Crippen LogP contribution is 2.20. The number of sulfone groups is 1. The summed E-state index contributed by atoms with van der Waals surface area (Å²) in [5, 5.41) is 8.50. The number of thioether (sulfide) groups is 1. The monoisotopic (exact) mass is 332 g/mol. The molecule has 1 aliphatic rings. The molecule has 0 spiro atoms. The number of hydrogen-bond acceptors (Lipinski definition) is 6. The van der Waals surface area contributed by atoms with Crippen LogP contribution >= 0.6 is 11.8 Å². The number of nitrogens with zero attached hydrogens (tertiary/aromatic N) is 4. The van der Waals surface area contributed by atoms with Crippen LogP contribution in [-0.2, 0) is 21.2 Å². The summed E-state index contributed by atoms with van der Waals surface area (Å²) in [5.41, 5.74) is 0. The van der Waals surface area contributed by atoms with Crippen molar-refractivity contribution in [2.75, 3.05) is 23.8 Å². The average molecular weight is 332 g/mol. The van der Waals surface area contributed by atoms with Crippen molar-refractivity contribution < 1.29 is 13.2 Å². The number of aromatic nitrogens is 3. The molecule has 7 nitrogen and oxygen atoms in total. The van der Waals surface area contributed by atoms with E-state index in [1.807, 2.05) is 18.4 Å². The number of aryl methyl sites for hydroxylation is 1. The SMILES string of the molecule is CCN(C(=O)CSc1nncn1CC)[C@H]1CCS(=O)(=O)C1. The first kappa shape index (κ1) is 16.3. The predicted molar refractivity (Wildman–Crippen MR) is 80.9 cm³/mol. The zero-order chi connectivity index (χ0) is 15.5. The molecule has 118 valence electrons. The van der Waals surface area contributed by atoms with Crippen molar-refractivity contribution >= 4 is 27.5 Å². The van der Waals surface area contributed by atoms with Crippen LogP contribution in [0.25, 0.3) is 0 Å². The van der Waals surface area contributed by atoms with Crippen molar-refractivity contribution in [2.45, 2.75) is 38.0 Å². The lowest BCUT2D eigenvalue weighted by Gasteiger charge is -2.26. The molecule has 0 N–H and O–H groups in total. The van der Waals surface area contributed by atoms with E-state index in [0.29, 0.717) is 18.1 Å². The van der Waals surface area contributed by atoms with E-state index in [-0.39, 0.29) is 29.2 Å². The molecule has 1 aliphatic heterocycles. The lowest BCUT2D eigenvalue weighted by Crippen LogP contribution is -2.42. The van der Waals surface area contributed by atoms with E-state index in [4.69, 9.17) is 0 Å². The second-order valence-electron chi connectivity index (χ2n) is 4.92. The summed E-state index contributed by atoms with van der Waals surface area (Å²) in [7, 11) is -2.98. The Labute approximate surface area is 129 Å². The molecule has 21 heavy (non-hydrogen) atoms. The fourth-order valence-corrected chi connectivity index (χ4v) is 5.04. The number of rotatable bonds is 6. The average Bonchev–Trinajstić information content (AvgIpc) is 3.03. The number of carbonyl (C=O) groups excluding carboxylic acids is 1. The van der Waals surface area contributed by atoms with Crippen molar-refractivity contribution in [3.63, 3.8) is 0 Å². The van der Waals surface area contributed by atoms with E-state index in [0.717, 1.165) is 6.54 Å². The third kappa shape index (κ3) is 3.97. The first-order chi connectivity index (χ1) is 9.96. The van der Waals surface area contributed by atoms with Crippen LogP contribution in [0.1, 0.15) is 20.3 Å². The molecule has 0 saturated carbocycles. The summed E-state index contributed by atoms with van der Waals surface area (Å²) in [6.07, 6.45) is 2.17. The molecule has 0 aliphatic carbocycles. The molecule has 1 amide bonds. The normalized spacial score (nSPS) is 20.6. The summed E-state index contributed by atoms with van der Waals surface area (Å²) >= 11 is 1.34. The summed E-state index contributed by atoms with van der Waals surface area (Å²) in [6, 6.07) is -0.183. The first-order valence-electron chi connectivity index (χ1n) is 6.97. The van der Waals surface area contributed by atoms with Gasteiger partial charge in [-0.25, -0.2) is 8.42 Å². The number of hydrogen-bond donors (Lipinski definition) is 0. The third-order valence-electron chi connectivity index (χ3n) is 3.56. The highest BCUT2D eigenvalue weighted by molar-refractivity contribution is 7.99. The Hall–Kier alpha value is -1.09. The van der Waals surface area contributed by atoms with Gasteiger partial charge in [-0.15, -0.1) is 10.2 Å². The van der Waals surface area contributed by atoms with E-state index < -0.39 is 9.84 Å². The second-order valence-corrected chi connectivity index (χ2v) is 8.10. The Kier molecular flexibility index (Phi) is 5.26. The maximum absolute atomic E-state index is 12.3. The standard InChI is InChI=1S/C12H20N4O3S2/c1-3-15-9-13-14-12(15)20-7-11(17)16(4-2)10-5-6-21(18,19)8-10/h9-10H,3-8H2,1-2H3/t10-/m0/s1. The van der Waals surface area contributed by atoms with E-state index in [1.54, 1.807) is 11.2 Å². The molecule has 1 fully saturated rings. The quantitative estimate of drug-likeness (QED) is 0.702. The first-order valence-corrected chi connectivity index (χ1v) is 9.78. The Morgan fingerprint density at radius 2 is 2.29 bits per heavy atom. The summed E-state index contributed by atoms with van der Waals surface area (Å²) in [4.78, 5) is 14.0. The molecule has 1 aromatic rings. The maximum Gasteiger partial charge on any atom is 0.233 e. The van der Waals surface area contributed by atoms with E-state index in [2.05, 4.69) is 10.2 Å². The van der Waals surface area contributed by atoms with Gasteiger partial charge in [-0.05, 0) is 20.3 Å². The fraction of sp³-hybridized carbons (Fsp3) is 0.750. The van der Waals surface area contributed by atoms with Crippen molar-refractivity contribution in [3.8, 4) is 0 Å². The lowest BCUT2D eigenvalue weighted by atomic mass is 10.2. The van der Waals surface area contributed by atoms with Gasteiger partial charge in [0.15, 0.2) is 15.0 Å². The van der Waals surface area contributed by atoms with Gasteiger partial charge in [0.05, 0.1) is 17.3 Å². The summed E-state index contributed by atoms with van der Waals surface area (Å²) in [5.74, 6) is 0.472. The van der Waals surface area contributed by atoms with Crippen LogP contribution in [0.2, 0.25) is 0 Å². The molecule has 0 radical (unpaired) electrons. The lowest BCUT2D eigenvalue weighted by molar-refractivity contribution is -0.129. The van der Waals surface area contributed by atoms with Gasteiger partial charge >= 0.3 is 0 Å². The molecule has 2 rings (SSSR count). The molecule has 2 heterocycles. The Morgan fingerprint density at radius 1 is 1.52 bits per heavy atom. The van der Waals surface area contributed by atoms with Crippen LogP contribution in [-0.4, -0.2) is 63.8 Å². The molecule has 1 aromatic heterocycles. The molecule has 9 heteroatoms. The highest BCUT2D eigenvalue weighted by atomic mass is 32.2. The van der Waals surface area contributed by atoms with Crippen LogP contribution in [0.4, 0.5) is 0 Å². The molecule has 0 aromatic carbocycles. The third-order valence-corrected chi connectivity index (χ3v) is 6.27. The minimum Gasteiger partial charge on any atom is -0.338 e. The highest BCUT2D eigenvalue weighted by Gasteiger charge is 2.33. The smallest absolute Gasteiger partial charge is 0.233 e. The summed E-state index contributed by atoms with van der Waals surface area (Å²) in [6.45, 7) is 5.14. The number of carbonyl (C=O) groups is 1. The number of amides is 1. The molecule has 0 bridgehead atoms. The minimum absolute atomic E-state index is 0.0461. The second kappa shape index (κ2) is 6.78. The van der Waals surface area contributed by atoms with Crippen LogP contribution in [0.5, 0.6) is 0 Å². The fourth-order valence-electron chi connectivity index (χ4n) is 2.44. The topological polar surface area (TPSA) is 85.2 Å². The van der Waals surface area contributed by atoms with Gasteiger partial charge < -0.3 is 9.47 Å². The van der Waals surface area contributed by atoms with E-state index >= 15 is 0 Å². The molecular weight excluding hydrogens is 312 g/mol. The van der Waals surface area contributed by atoms with Gasteiger partial charge in [0.2, 0.25) is 5.91 Å². The van der Waals surface area contributed by atoms with Gasteiger partial charge in [-0.1, -0.05) is 11.8 Å². The van der Waals surface area contributed by atoms with Crippen molar-refractivity contribution in [3.05, 3.63) is 6.33 Å². The van der Waals surface area contributed by atoms with Gasteiger partial charge in [-0.2, -0.15) is 0 Å². The van der Waals surface area contributed by atoms with Crippen molar-refractivity contribution in [1.29, 1.82) is 0 Å². The maximum atomic E-state index is 12.3. The summed E-state index contributed by atoms with van der Waals surface area (Å²) < 4.78 is 25.0. The Morgan fingerprint density at radius 3 is 2.86 bits per heavy atom. The van der Waals surface area contributed by atoms with Gasteiger partial charge in [0.1, 0.15) is 6.33 Å². The zero-order valence-corrected chi connectivity index (χ0v) is 13.9.